The molecule has 0 radical (unpaired) electrons. The minimum absolute atomic E-state index is 0.0388. The molecular formula is C18H25N3O2. The average Bonchev–Trinajstić information content (AvgIpc) is 3.11. The van der Waals surface area contributed by atoms with Crippen LogP contribution in [0, 0.1) is 0 Å². The van der Waals surface area contributed by atoms with Gasteiger partial charge in [0, 0.05) is 32.1 Å². The first-order valence-corrected chi connectivity index (χ1v) is 8.59. The summed E-state index contributed by atoms with van der Waals surface area (Å²) >= 11 is 0. The van der Waals surface area contributed by atoms with Crippen LogP contribution in [0.3, 0.4) is 0 Å². The number of urea groups is 1. The zero-order valence-corrected chi connectivity index (χ0v) is 13.5. The third-order valence-electron chi connectivity index (χ3n) is 4.85. The largest absolute Gasteiger partial charge is 0.341 e. The van der Waals surface area contributed by atoms with Crippen LogP contribution in [0.2, 0.25) is 0 Å². The van der Waals surface area contributed by atoms with E-state index in [0.717, 1.165) is 45.4 Å². The van der Waals surface area contributed by atoms with Gasteiger partial charge in [-0.25, -0.2) is 4.79 Å². The van der Waals surface area contributed by atoms with Gasteiger partial charge in [-0.2, -0.15) is 0 Å². The highest BCUT2D eigenvalue weighted by Crippen LogP contribution is 2.26. The van der Waals surface area contributed by atoms with Crippen molar-refractivity contribution in [1.82, 2.24) is 15.1 Å². The first-order chi connectivity index (χ1) is 11.2. The van der Waals surface area contributed by atoms with Crippen LogP contribution in [0.15, 0.2) is 30.3 Å². The summed E-state index contributed by atoms with van der Waals surface area (Å²) in [7, 11) is 0. The van der Waals surface area contributed by atoms with Crippen molar-refractivity contribution in [2.24, 2.45) is 0 Å². The van der Waals surface area contributed by atoms with Gasteiger partial charge in [-0.3, -0.25) is 4.79 Å². The fourth-order valence-electron chi connectivity index (χ4n) is 3.46. The molecule has 2 fully saturated rings. The first kappa shape index (κ1) is 15.8. The molecule has 2 aliphatic rings. The quantitative estimate of drug-likeness (QED) is 0.929. The van der Waals surface area contributed by atoms with E-state index < -0.39 is 0 Å². The molecule has 5 heteroatoms. The van der Waals surface area contributed by atoms with Gasteiger partial charge >= 0.3 is 6.03 Å². The summed E-state index contributed by atoms with van der Waals surface area (Å²) in [4.78, 5) is 28.0. The number of nitrogens with zero attached hydrogens (tertiary/aromatic N) is 2. The lowest BCUT2D eigenvalue weighted by molar-refractivity contribution is -0.130. The van der Waals surface area contributed by atoms with E-state index in [4.69, 9.17) is 0 Å². The number of hydrogen-bond acceptors (Lipinski definition) is 2. The normalized spacial score (nSPS) is 21.3. The van der Waals surface area contributed by atoms with E-state index in [1.54, 1.807) is 0 Å². The van der Waals surface area contributed by atoms with Gasteiger partial charge in [-0.1, -0.05) is 30.3 Å². The molecule has 0 saturated carbocycles. The van der Waals surface area contributed by atoms with E-state index in [1.165, 1.54) is 12.0 Å². The van der Waals surface area contributed by atoms with E-state index in [1.807, 2.05) is 28.0 Å². The molecule has 124 valence electrons. The number of carbonyl (C=O) groups is 2. The molecule has 5 nitrogen and oxygen atoms in total. The number of likely N-dealkylation sites (tertiary alicyclic amines) is 2. The fraction of sp³-hybridized carbons (Fsp3) is 0.556. The summed E-state index contributed by atoms with van der Waals surface area (Å²) < 4.78 is 0. The van der Waals surface area contributed by atoms with E-state index in [9.17, 15) is 9.59 Å². The summed E-state index contributed by atoms with van der Waals surface area (Å²) in [5.41, 5.74) is 1.28. The molecule has 0 aliphatic carbocycles. The van der Waals surface area contributed by atoms with Crippen molar-refractivity contribution < 1.29 is 9.59 Å². The maximum absolute atomic E-state index is 12.3. The van der Waals surface area contributed by atoms with E-state index in [-0.39, 0.29) is 18.5 Å². The molecule has 3 rings (SSSR count). The predicted molar refractivity (Wildman–Crippen MR) is 89.2 cm³/mol. The van der Waals surface area contributed by atoms with Crippen LogP contribution in [-0.2, 0) is 4.79 Å². The van der Waals surface area contributed by atoms with Crippen LogP contribution in [0.25, 0.3) is 0 Å². The Bertz CT molecular complexity index is 540. The second-order valence-electron chi connectivity index (χ2n) is 6.44. The van der Waals surface area contributed by atoms with Gasteiger partial charge in [0.25, 0.3) is 0 Å². The number of amides is 3. The summed E-state index contributed by atoms with van der Waals surface area (Å²) in [6.07, 6.45) is 4.33. The molecule has 2 heterocycles. The zero-order chi connectivity index (χ0) is 16.1. The molecule has 23 heavy (non-hydrogen) atoms. The Hall–Kier alpha value is -2.04. The Balaban J connectivity index is 1.45. The third-order valence-corrected chi connectivity index (χ3v) is 4.85. The summed E-state index contributed by atoms with van der Waals surface area (Å²) in [6.45, 7) is 3.26. The second-order valence-corrected chi connectivity index (χ2v) is 6.44. The molecule has 0 aromatic heterocycles. The number of rotatable bonds is 3. The number of nitrogens with one attached hydrogen (secondary N) is 1. The Morgan fingerprint density at radius 1 is 1.00 bits per heavy atom. The Morgan fingerprint density at radius 2 is 1.74 bits per heavy atom. The van der Waals surface area contributed by atoms with Gasteiger partial charge in [0.1, 0.15) is 0 Å². The highest BCUT2D eigenvalue weighted by molar-refractivity contribution is 5.84. The molecule has 2 saturated heterocycles. The standard InChI is InChI=1S/C18H25N3O2/c22-17(20-10-5-2-6-11-20)13-19-18(23)21-12-9-16(14-21)15-7-3-1-4-8-15/h1,3-4,7-8,16H,2,5-6,9-14H2,(H,19,23)/t16-/m1/s1. The van der Waals surface area contributed by atoms with Crippen LogP contribution in [0.1, 0.15) is 37.2 Å². The fourth-order valence-corrected chi connectivity index (χ4v) is 3.46. The van der Waals surface area contributed by atoms with Gasteiger partial charge in [0.15, 0.2) is 0 Å². The van der Waals surface area contributed by atoms with E-state index in [0.29, 0.717) is 5.92 Å². The van der Waals surface area contributed by atoms with Gasteiger partial charge in [0.05, 0.1) is 6.54 Å². The summed E-state index contributed by atoms with van der Waals surface area (Å²) in [5.74, 6) is 0.441. The molecule has 0 bridgehead atoms. The van der Waals surface area contributed by atoms with Crippen molar-refractivity contribution >= 4 is 11.9 Å². The Kier molecular flexibility index (Phi) is 5.16. The third kappa shape index (κ3) is 4.03. The second kappa shape index (κ2) is 7.49. The smallest absolute Gasteiger partial charge is 0.317 e. The molecular weight excluding hydrogens is 290 g/mol. The highest BCUT2D eigenvalue weighted by Gasteiger charge is 2.27. The van der Waals surface area contributed by atoms with Crippen LogP contribution in [0.4, 0.5) is 4.79 Å². The van der Waals surface area contributed by atoms with Crippen molar-refractivity contribution in [2.45, 2.75) is 31.6 Å². The molecule has 3 amide bonds. The Morgan fingerprint density at radius 3 is 2.48 bits per heavy atom. The van der Waals surface area contributed by atoms with Gasteiger partial charge in [0.2, 0.25) is 5.91 Å². The number of hydrogen-bond donors (Lipinski definition) is 1. The van der Waals surface area contributed by atoms with Gasteiger partial charge in [-0.05, 0) is 31.2 Å². The van der Waals surface area contributed by atoms with Crippen LogP contribution in [0.5, 0.6) is 0 Å². The van der Waals surface area contributed by atoms with Gasteiger partial charge in [-0.15, -0.1) is 0 Å². The zero-order valence-electron chi connectivity index (χ0n) is 13.5. The van der Waals surface area contributed by atoms with Crippen LogP contribution >= 0.6 is 0 Å². The Labute approximate surface area is 137 Å². The van der Waals surface area contributed by atoms with Crippen molar-refractivity contribution in [3.63, 3.8) is 0 Å². The monoisotopic (exact) mass is 315 g/mol. The molecule has 0 spiro atoms. The maximum Gasteiger partial charge on any atom is 0.317 e. The lowest BCUT2D eigenvalue weighted by atomic mass is 9.99. The topological polar surface area (TPSA) is 52.7 Å². The van der Waals surface area contributed by atoms with Crippen molar-refractivity contribution in [2.75, 3.05) is 32.7 Å². The lowest BCUT2D eigenvalue weighted by Crippen LogP contribution is -2.46. The minimum atomic E-state index is -0.117. The number of piperidine rings is 1. The number of benzene rings is 1. The molecule has 2 aliphatic heterocycles. The molecule has 1 aromatic rings. The van der Waals surface area contributed by atoms with E-state index in [2.05, 4.69) is 17.4 Å². The summed E-state index contributed by atoms with van der Waals surface area (Å²) in [6, 6.07) is 10.2. The van der Waals surface area contributed by atoms with Crippen LogP contribution < -0.4 is 5.32 Å². The minimum Gasteiger partial charge on any atom is -0.341 e. The van der Waals surface area contributed by atoms with E-state index >= 15 is 0 Å². The van der Waals surface area contributed by atoms with Gasteiger partial charge < -0.3 is 15.1 Å². The van der Waals surface area contributed by atoms with Crippen molar-refractivity contribution in [1.29, 1.82) is 0 Å². The van der Waals surface area contributed by atoms with Crippen molar-refractivity contribution in [3.05, 3.63) is 35.9 Å². The van der Waals surface area contributed by atoms with Crippen molar-refractivity contribution in [3.8, 4) is 0 Å². The molecule has 1 aromatic carbocycles. The average molecular weight is 315 g/mol. The number of carbonyl (C=O) groups excluding carboxylic acids is 2. The molecule has 1 N–H and O–H groups in total. The maximum atomic E-state index is 12.3. The molecule has 1 atom stereocenters. The summed E-state index contributed by atoms with van der Waals surface area (Å²) in [5, 5.41) is 2.79. The predicted octanol–water partition coefficient (Wildman–Crippen LogP) is 2.20. The lowest BCUT2D eigenvalue weighted by Gasteiger charge is -2.27. The SMILES string of the molecule is O=C(CNC(=O)N1CC[C@@H](c2ccccc2)C1)N1CCCCC1. The van der Waals surface area contributed by atoms with Crippen LogP contribution in [-0.4, -0.2) is 54.5 Å². The molecule has 0 unspecified atom stereocenters. The first-order valence-electron chi connectivity index (χ1n) is 8.59. The highest BCUT2D eigenvalue weighted by atomic mass is 16.2.